The summed E-state index contributed by atoms with van der Waals surface area (Å²) in [5, 5.41) is 0. The number of amides is 1. The smallest absolute Gasteiger partial charge is 0.225 e. The molecule has 2 fully saturated rings. The number of pyridine rings is 1. The number of ether oxygens (including phenoxy) is 1. The molecule has 0 unspecified atom stereocenters. The normalized spacial score (nSPS) is 20.3. The fraction of sp³-hybridized carbons (Fsp3) is 0.647. The molecule has 0 radical (unpaired) electrons. The Kier molecular flexibility index (Phi) is 4.93. The predicted octanol–water partition coefficient (Wildman–Crippen LogP) is 1.92. The molecule has 0 spiro atoms. The van der Waals surface area contributed by atoms with Crippen LogP contribution < -0.4 is 4.74 Å². The van der Waals surface area contributed by atoms with Crippen molar-refractivity contribution in [2.24, 2.45) is 5.92 Å². The number of hydrogen-bond donors (Lipinski definition) is 0. The van der Waals surface area contributed by atoms with Crippen molar-refractivity contribution in [3.05, 3.63) is 23.9 Å². The molecule has 0 atom stereocenters. The van der Waals surface area contributed by atoms with Gasteiger partial charge in [0.15, 0.2) is 0 Å². The molecular formula is C17H25N3O2. The predicted molar refractivity (Wildman–Crippen MR) is 84.6 cm³/mol. The summed E-state index contributed by atoms with van der Waals surface area (Å²) in [6.07, 6.45) is 6.50. The SMILES string of the molecule is COc1ccc(CN2CCN(C(=O)C3CCCC3)CC2)cn1. The number of carbonyl (C=O) groups excluding carboxylic acids is 1. The van der Waals surface area contributed by atoms with Crippen molar-refractivity contribution in [1.29, 1.82) is 0 Å². The number of carbonyl (C=O) groups is 1. The Hall–Kier alpha value is -1.62. The highest BCUT2D eigenvalue weighted by atomic mass is 16.5. The van der Waals surface area contributed by atoms with Gasteiger partial charge in [-0.05, 0) is 18.4 Å². The van der Waals surface area contributed by atoms with E-state index in [1.165, 1.54) is 18.4 Å². The van der Waals surface area contributed by atoms with Crippen molar-refractivity contribution in [3.8, 4) is 5.88 Å². The Balaban J connectivity index is 1.47. The van der Waals surface area contributed by atoms with Gasteiger partial charge in [0.2, 0.25) is 11.8 Å². The molecule has 2 aliphatic rings. The van der Waals surface area contributed by atoms with E-state index >= 15 is 0 Å². The average Bonchev–Trinajstić information content (AvgIpc) is 3.10. The Labute approximate surface area is 132 Å². The number of aromatic nitrogens is 1. The van der Waals surface area contributed by atoms with Gasteiger partial charge in [-0.25, -0.2) is 4.98 Å². The lowest BCUT2D eigenvalue weighted by Gasteiger charge is -2.36. The highest BCUT2D eigenvalue weighted by Crippen LogP contribution is 2.27. The first-order valence-corrected chi connectivity index (χ1v) is 8.26. The number of rotatable bonds is 4. The molecule has 5 heteroatoms. The molecule has 5 nitrogen and oxygen atoms in total. The lowest BCUT2D eigenvalue weighted by Crippen LogP contribution is -2.49. The molecule has 1 aliphatic carbocycles. The summed E-state index contributed by atoms with van der Waals surface area (Å²) < 4.78 is 5.08. The van der Waals surface area contributed by atoms with Crippen molar-refractivity contribution in [2.75, 3.05) is 33.3 Å². The molecule has 2 heterocycles. The van der Waals surface area contributed by atoms with E-state index < -0.39 is 0 Å². The van der Waals surface area contributed by atoms with E-state index in [9.17, 15) is 4.79 Å². The zero-order valence-electron chi connectivity index (χ0n) is 13.3. The maximum atomic E-state index is 12.4. The number of methoxy groups -OCH3 is 1. The summed E-state index contributed by atoms with van der Waals surface area (Å²) in [5.41, 5.74) is 1.19. The molecule has 1 aliphatic heterocycles. The van der Waals surface area contributed by atoms with Gasteiger partial charge in [-0.3, -0.25) is 9.69 Å². The van der Waals surface area contributed by atoms with E-state index in [0.29, 0.717) is 17.7 Å². The summed E-state index contributed by atoms with van der Waals surface area (Å²) in [7, 11) is 1.63. The molecule has 0 aromatic carbocycles. The molecule has 1 aromatic heterocycles. The van der Waals surface area contributed by atoms with Gasteiger partial charge in [0, 0.05) is 50.9 Å². The monoisotopic (exact) mass is 303 g/mol. The van der Waals surface area contributed by atoms with Crippen LogP contribution in [0.3, 0.4) is 0 Å². The van der Waals surface area contributed by atoms with Crippen molar-refractivity contribution < 1.29 is 9.53 Å². The van der Waals surface area contributed by atoms with Crippen molar-refractivity contribution in [1.82, 2.24) is 14.8 Å². The van der Waals surface area contributed by atoms with Gasteiger partial charge >= 0.3 is 0 Å². The molecule has 1 aromatic rings. The second kappa shape index (κ2) is 7.09. The Morgan fingerprint density at radius 2 is 1.95 bits per heavy atom. The second-order valence-corrected chi connectivity index (χ2v) is 6.29. The minimum atomic E-state index is 0.303. The fourth-order valence-corrected chi connectivity index (χ4v) is 3.44. The number of hydrogen-bond acceptors (Lipinski definition) is 4. The van der Waals surface area contributed by atoms with Crippen LogP contribution in [0.15, 0.2) is 18.3 Å². The van der Waals surface area contributed by atoms with Gasteiger partial charge in [-0.15, -0.1) is 0 Å². The van der Waals surface area contributed by atoms with Gasteiger partial charge < -0.3 is 9.64 Å². The van der Waals surface area contributed by atoms with Gasteiger partial charge in [0.05, 0.1) is 7.11 Å². The third-order valence-corrected chi connectivity index (χ3v) is 4.80. The summed E-state index contributed by atoms with van der Waals surface area (Å²) in [6, 6.07) is 3.96. The minimum absolute atomic E-state index is 0.303. The van der Waals surface area contributed by atoms with Crippen LogP contribution in [0.1, 0.15) is 31.2 Å². The van der Waals surface area contributed by atoms with Crippen LogP contribution in [0.2, 0.25) is 0 Å². The van der Waals surface area contributed by atoms with Gasteiger partial charge in [-0.2, -0.15) is 0 Å². The molecule has 1 amide bonds. The number of nitrogens with zero attached hydrogens (tertiary/aromatic N) is 3. The van der Waals surface area contributed by atoms with E-state index in [0.717, 1.165) is 45.6 Å². The first-order valence-electron chi connectivity index (χ1n) is 8.26. The topological polar surface area (TPSA) is 45.7 Å². The van der Waals surface area contributed by atoms with Crippen LogP contribution in [0, 0.1) is 5.92 Å². The van der Waals surface area contributed by atoms with Crippen LogP contribution in [0.4, 0.5) is 0 Å². The lowest BCUT2D eigenvalue weighted by molar-refractivity contribution is -0.137. The van der Waals surface area contributed by atoms with Gasteiger partial charge in [0.25, 0.3) is 0 Å². The molecule has 22 heavy (non-hydrogen) atoms. The van der Waals surface area contributed by atoms with Crippen LogP contribution in [0.25, 0.3) is 0 Å². The lowest BCUT2D eigenvalue weighted by atomic mass is 10.1. The Morgan fingerprint density at radius 1 is 1.23 bits per heavy atom. The largest absolute Gasteiger partial charge is 0.481 e. The molecule has 1 saturated heterocycles. The van der Waals surface area contributed by atoms with Gasteiger partial charge in [0.1, 0.15) is 0 Å². The second-order valence-electron chi connectivity index (χ2n) is 6.29. The van der Waals surface area contributed by atoms with Crippen LogP contribution in [-0.2, 0) is 11.3 Å². The fourth-order valence-electron chi connectivity index (χ4n) is 3.44. The van der Waals surface area contributed by atoms with Gasteiger partial charge in [-0.1, -0.05) is 18.9 Å². The maximum absolute atomic E-state index is 12.4. The summed E-state index contributed by atoms with van der Waals surface area (Å²) in [5.74, 6) is 1.34. The Morgan fingerprint density at radius 3 is 2.55 bits per heavy atom. The standard InChI is InChI=1S/C17H25N3O2/c1-22-16-7-6-14(12-18-16)13-19-8-10-20(11-9-19)17(21)15-4-2-3-5-15/h6-7,12,15H,2-5,8-11,13H2,1H3. The first-order chi connectivity index (χ1) is 10.8. The highest BCUT2D eigenvalue weighted by Gasteiger charge is 2.29. The van der Waals surface area contributed by atoms with E-state index in [1.54, 1.807) is 7.11 Å². The zero-order chi connectivity index (χ0) is 15.4. The van der Waals surface area contributed by atoms with E-state index in [-0.39, 0.29) is 0 Å². The van der Waals surface area contributed by atoms with Crippen LogP contribution in [-0.4, -0.2) is 54.0 Å². The average molecular weight is 303 g/mol. The highest BCUT2D eigenvalue weighted by molar-refractivity contribution is 5.79. The number of piperazine rings is 1. The maximum Gasteiger partial charge on any atom is 0.225 e. The van der Waals surface area contributed by atoms with E-state index in [1.807, 2.05) is 12.3 Å². The first kappa shape index (κ1) is 15.3. The van der Waals surface area contributed by atoms with Crippen molar-refractivity contribution >= 4 is 5.91 Å². The minimum Gasteiger partial charge on any atom is -0.481 e. The van der Waals surface area contributed by atoms with Crippen LogP contribution in [0.5, 0.6) is 5.88 Å². The third kappa shape index (κ3) is 3.58. The zero-order valence-corrected chi connectivity index (χ0v) is 13.3. The quantitative estimate of drug-likeness (QED) is 0.852. The van der Waals surface area contributed by atoms with E-state index in [4.69, 9.17) is 4.74 Å². The van der Waals surface area contributed by atoms with Crippen molar-refractivity contribution in [2.45, 2.75) is 32.2 Å². The summed E-state index contributed by atoms with van der Waals surface area (Å²) in [4.78, 5) is 21.1. The third-order valence-electron chi connectivity index (χ3n) is 4.80. The molecule has 0 bridgehead atoms. The Bertz CT molecular complexity index is 489. The molecular weight excluding hydrogens is 278 g/mol. The molecule has 3 rings (SSSR count). The van der Waals surface area contributed by atoms with Crippen LogP contribution >= 0.6 is 0 Å². The summed E-state index contributed by atoms with van der Waals surface area (Å²) in [6.45, 7) is 4.51. The molecule has 120 valence electrons. The van der Waals surface area contributed by atoms with E-state index in [2.05, 4.69) is 20.9 Å². The molecule has 1 saturated carbocycles. The summed E-state index contributed by atoms with van der Waals surface area (Å²) >= 11 is 0. The molecule has 0 N–H and O–H groups in total. The van der Waals surface area contributed by atoms with Crippen molar-refractivity contribution in [3.63, 3.8) is 0 Å².